The van der Waals surface area contributed by atoms with Crippen LogP contribution in [0.1, 0.15) is 43.7 Å². The standard InChI is InChI=1S/C16H25NO/c1-13-6-8-15(9-7-13)12-17-10-4-3-5-16(17)11-14(2)18/h6-9,14,16,18H,3-5,10-12H2,1-2H3. The molecule has 2 rings (SSSR count). The minimum Gasteiger partial charge on any atom is -0.393 e. The number of aliphatic hydroxyl groups excluding tert-OH is 1. The molecule has 1 fully saturated rings. The summed E-state index contributed by atoms with van der Waals surface area (Å²) >= 11 is 0. The lowest BCUT2D eigenvalue weighted by atomic mass is 9.96. The first-order valence-electron chi connectivity index (χ1n) is 7.13. The fraction of sp³-hybridized carbons (Fsp3) is 0.625. The zero-order valence-corrected chi connectivity index (χ0v) is 11.6. The highest BCUT2D eigenvalue weighted by Gasteiger charge is 2.23. The fourth-order valence-electron chi connectivity index (χ4n) is 2.86. The maximum Gasteiger partial charge on any atom is 0.0527 e. The van der Waals surface area contributed by atoms with Crippen LogP contribution in [0.5, 0.6) is 0 Å². The number of likely N-dealkylation sites (tertiary alicyclic amines) is 1. The predicted molar refractivity (Wildman–Crippen MR) is 75.5 cm³/mol. The van der Waals surface area contributed by atoms with E-state index in [2.05, 4.69) is 36.1 Å². The molecule has 1 aromatic carbocycles. The smallest absolute Gasteiger partial charge is 0.0527 e. The summed E-state index contributed by atoms with van der Waals surface area (Å²) in [4.78, 5) is 2.54. The summed E-state index contributed by atoms with van der Waals surface area (Å²) in [6, 6.07) is 9.37. The molecule has 2 unspecified atom stereocenters. The van der Waals surface area contributed by atoms with Gasteiger partial charge in [-0.3, -0.25) is 4.90 Å². The van der Waals surface area contributed by atoms with E-state index in [1.54, 1.807) is 0 Å². The minimum atomic E-state index is -0.186. The number of hydrogen-bond donors (Lipinski definition) is 1. The second-order valence-electron chi connectivity index (χ2n) is 5.69. The quantitative estimate of drug-likeness (QED) is 0.883. The van der Waals surface area contributed by atoms with Crippen molar-refractivity contribution < 1.29 is 5.11 Å². The van der Waals surface area contributed by atoms with Gasteiger partial charge in [-0.2, -0.15) is 0 Å². The molecule has 100 valence electrons. The number of aliphatic hydroxyl groups is 1. The highest BCUT2D eigenvalue weighted by atomic mass is 16.3. The van der Waals surface area contributed by atoms with Gasteiger partial charge < -0.3 is 5.11 Å². The van der Waals surface area contributed by atoms with Crippen LogP contribution in [0, 0.1) is 6.92 Å². The van der Waals surface area contributed by atoms with E-state index >= 15 is 0 Å². The Morgan fingerprint density at radius 1 is 1.28 bits per heavy atom. The van der Waals surface area contributed by atoms with Crippen LogP contribution in [0.4, 0.5) is 0 Å². The average Bonchev–Trinajstić information content (AvgIpc) is 2.34. The third-order valence-electron chi connectivity index (χ3n) is 3.87. The minimum absolute atomic E-state index is 0.186. The van der Waals surface area contributed by atoms with Crippen molar-refractivity contribution in [3.05, 3.63) is 35.4 Å². The molecule has 1 N–H and O–H groups in total. The molecule has 0 bridgehead atoms. The summed E-state index contributed by atoms with van der Waals surface area (Å²) < 4.78 is 0. The largest absolute Gasteiger partial charge is 0.393 e. The Morgan fingerprint density at radius 2 is 2.00 bits per heavy atom. The van der Waals surface area contributed by atoms with Crippen LogP contribution in [-0.4, -0.2) is 28.7 Å². The molecule has 1 aliphatic rings. The van der Waals surface area contributed by atoms with Crippen LogP contribution >= 0.6 is 0 Å². The molecule has 2 heteroatoms. The molecular weight excluding hydrogens is 222 g/mol. The summed E-state index contributed by atoms with van der Waals surface area (Å²) in [5.74, 6) is 0. The Labute approximate surface area is 111 Å². The van der Waals surface area contributed by atoms with E-state index < -0.39 is 0 Å². The lowest BCUT2D eigenvalue weighted by molar-refractivity contribution is 0.0818. The first-order valence-corrected chi connectivity index (χ1v) is 7.13. The van der Waals surface area contributed by atoms with E-state index in [-0.39, 0.29) is 6.10 Å². The van der Waals surface area contributed by atoms with E-state index in [9.17, 15) is 5.11 Å². The average molecular weight is 247 g/mol. The molecule has 0 saturated carbocycles. The zero-order chi connectivity index (χ0) is 13.0. The molecule has 1 aromatic rings. The molecule has 18 heavy (non-hydrogen) atoms. The molecule has 2 nitrogen and oxygen atoms in total. The van der Waals surface area contributed by atoms with Crippen molar-refractivity contribution in [3.8, 4) is 0 Å². The lowest BCUT2D eigenvalue weighted by Crippen LogP contribution is -2.40. The van der Waals surface area contributed by atoms with E-state index in [4.69, 9.17) is 0 Å². The molecular formula is C16H25NO. The van der Waals surface area contributed by atoms with Gasteiger partial charge in [0.25, 0.3) is 0 Å². The van der Waals surface area contributed by atoms with Crippen LogP contribution in [-0.2, 0) is 6.54 Å². The van der Waals surface area contributed by atoms with Crippen molar-refractivity contribution in [2.75, 3.05) is 6.54 Å². The third-order valence-corrected chi connectivity index (χ3v) is 3.87. The molecule has 1 heterocycles. The second-order valence-corrected chi connectivity index (χ2v) is 5.69. The monoisotopic (exact) mass is 247 g/mol. The van der Waals surface area contributed by atoms with Crippen molar-refractivity contribution in [1.82, 2.24) is 4.90 Å². The number of benzene rings is 1. The zero-order valence-electron chi connectivity index (χ0n) is 11.6. The SMILES string of the molecule is Cc1ccc(CN2CCCCC2CC(C)O)cc1. The van der Waals surface area contributed by atoms with Gasteiger partial charge in [-0.05, 0) is 45.2 Å². The number of piperidine rings is 1. The summed E-state index contributed by atoms with van der Waals surface area (Å²) in [5, 5.41) is 9.60. The number of nitrogens with zero attached hydrogens (tertiary/aromatic N) is 1. The second kappa shape index (κ2) is 6.35. The molecule has 0 aliphatic carbocycles. The first-order chi connectivity index (χ1) is 8.65. The van der Waals surface area contributed by atoms with Crippen LogP contribution < -0.4 is 0 Å². The Balaban J connectivity index is 1.98. The molecule has 1 aliphatic heterocycles. The predicted octanol–water partition coefficient (Wildman–Crippen LogP) is 3.12. The van der Waals surface area contributed by atoms with Crippen molar-refractivity contribution in [1.29, 1.82) is 0 Å². The summed E-state index contributed by atoms with van der Waals surface area (Å²) in [6.07, 6.45) is 4.56. The van der Waals surface area contributed by atoms with Crippen LogP contribution in [0.2, 0.25) is 0 Å². The molecule has 2 atom stereocenters. The summed E-state index contributed by atoms with van der Waals surface area (Å²) in [5.41, 5.74) is 2.70. The highest BCUT2D eigenvalue weighted by Crippen LogP contribution is 2.23. The van der Waals surface area contributed by atoms with Crippen LogP contribution in [0.15, 0.2) is 24.3 Å². The van der Waals surface area contributed by atoms with E-state index in [1.807, 2.05) is 6.92 Å². The van der Waals surface area contributed by atoms with Gasteiger partial charge >= 0.3 is 0 Å². The van der Waals surface area contributed by atoms with Gasteiger partial charge in [-0.15, -0.1) is 0 Å². The van der Waals surface area contributed by atoms with Crippen LogP contribution in [0.3, 0.4) is 0 Å². The number of rotatable bonds is 4. The topological polar surface area (TPSA) is 23.5 Å². The van der Waals surface area contributed by atoms with E-state index in [0.29, 0.717) is 6.04 Å². The van der Waals surface area contributed by atoms with Crippen molar-refractivity contribution in [3.63, 3.8) is 0 Å². The molecule has 1 saturated heterocycles. The third kappa shape index (κ3) is 3.82. The van der Waals surface area contributed by atoms with Gasteiger partial charge in [0.2, 0.25) is 0 Å². The summed E-state index contributed by atoms with van der Waals surface area (Å²) in [7, 11) is 0. The van der Waals surface area contributed by atoms with Gasteiger partial charge in [-0.1, -0.05) is 36.2 Å². The maximum atomic E-state index is 9.60. The van der Waals surface area contributed by atoms with Gasteiger partial charge in [0.05, 0.1) is 6.10 Å². The first kappa shape index (κ1) is 13.6. The molecule has 0 amide bonds. The normalized spacial score (nSPS) is 22.9. The lowest BCUT2D eigenvalue weighted by Gasteiger charge is -2.36. The molecule has 0 aromatic heterocycles. The Morgan fingerprint density at radius 3 is 2.67 bits per heavy atom. The van der Waals surface area contributed by atoms with E-state index in [1.165, 1.54) is 36.9 Å². The highest BCUT2D eigenvalue weighted by molar-refractivity contribution is 5.21. The number of aryl methyl sites for hydroxylation is 1. The Bertz CT molecular complexity index is 358. The summed E-state index contributed by atoms with van der Waals surface area (Å²) in [6.45, 7) is 6.22. The van der Waals surface area contributed by atoms with Crippen LogP contribution in [0.25, 0.3) is 0 Å². The van der Waals surface area contributed by atoms with Gasteiger partial charge in [0.15, 0.2) is 0 Å². The van der Waals surface area contributed by atoms with Crippen molar-refractivity contribution in [2.24, 2.45) is 0 Å². The maximum absolute atomic E-state index is 9.60. The van der Waals surface area contributed by atoms with E-state index in [0.717, 1.165) is 13.0 Å². The Hall–Kier alpha value is -0.860. The Kier molecular flexibility index (Phi) is 4.79. The number of hydrogen-bond acceptors (Lipinski definition) is 2. The van der Waals surface area contributed by atoms with Gasteiger partial charge in [-0.25, -0.2) is 0 Å². The van der Waals surface area contributed by atoms with Gasteiger partial charge in [0.1, 0.15) is 0 Å². The fourth-order valence-corrected chi connectivity index (χ4v) is 2.86. The molecule has 0 spiro atoms. The molecule has 0 radical (unpaired) electrons. The van der Waals surface area contributed by atoms with Crippen molar-refractivity contribution >= 4 is 0 Å². The van der Waals surface area contributed by atoms with Crippen molar-refractivity contribution in [2.45, 2.75) is 58.2 Å². The van der Waals surface area contributed by atoms with Gasteiger partial charge in [0, 0.05) is 12.6 Å².